The average molecular weight is 506 g/mol. The fourth-order valence-electron chi connectivity index (χ4n) is 2.93. The molecule has 1 fully saturated rings. The molecule has 0 aliphatic carbocycles. The standard InChI is InChI=1S/C22H20BrNO6S/c1-13(21(26)29-3)24-20(25)18(31-22(24)27)11-15-9-16(23)19(17(10-15)28-2)30-12-14-7-5-4-6-8-14/h4-11,13H,12H2,1-3H3/b18-11+/t13-/m1/s1. The van der Waals surface area contributed by atoms with Crippen molar-refractivity contribution in [1.29, 1.82) is 0 Å². The number of hydrogen-bond donors (Lipinski definition) is 0. The zero-order valence-corrected chi connectivity index (χ0v) is 19.5. The zero-order chi connectivity index (χ0) is 22.5. The maximum Gasteiger partial charge on any atom is 0.328 e. The Morgan fingerprint density at radius 2 is 1.90 bits per heavy atom. The highest BCUT2D eigenvalue weighted by molar-refractivity contribution is 9.10. The Morgan fingerprint density at radius 3 is 2.55 bits per heavy atom. The highest BCUT2D eigenvalue weighted by atomic mass is 79.9. The molecule has 0 aromatic heterocycles. The van der Waals surface area contributed by atoms with Gasteiger partial charge in [-0.25, -0.2) is 4.79 Å². The number of nitrogens with zero attached hydrogens (tertiary/aromatic N) is 1. The van der Waals surface area contributed by atoms with Crippen molar-refractivity contribution in [2.75, 3.05) is 14.2 Å². The van der Waals surface area contributed by atoms with Crippen LogP contribution >= 0.6 is 27.7 Å². The molecule has 31 heavy (non-hydrogen) atoms. The number of halogens is 1. The van der Waals surface area contributed by atoms with Crippen molar-refractivity contribution in [2.45, 2.75) is 19.6 Å². The Hall–Kier alpha value is -2.78. The van der Waals surface area contributed by atoms with Gasteiger partial charge in [0.2, 0.25) is 0 Å². The van der Waals surface area contributed by atoms with Crippen LogP contribution < -0.4 is 9.47 Å². The molecule has 0 spiro atoms. The molecule has 0 unspecified atom stereocenters. The maximum absolute atomic E-state index is 12.7. The quantitative estimate of drug-likeness (QED) is 0.400. The van der Waals surface area contributed by atoms with E-state index in [1.165, 1.54) is 21.1 Å². The van der Waals surface area contributed by atoms with Crippen molar-refractivity contribution in [3.8, 4) is 11.5 Å². The number of thioether (sulfide) groups is 1. The molecule has 1 aliphatic heterocycles. The fraction of sp³-hybridized carbons (Fsp3) is 0.227. The number of hydrogen-bond acceptors (Lipinski definition) is 7. The van der Waals surface area contributed by atoms with E-state index in [0.29, 0.717) is 28.1 Å². The molecule has 3 rings (SSSR count). The average Bonchev–Trinajstić information content (AvgIpc) is 3.04. The molecule has 1 atom stereocenters. The van der Waals surface area contributed by atoms with E-state index in [0.717, 1.165) is 22.2 Å². The number of methoxy groups -OCH3 is 2. The maximum atomic E-state index is 12.7. The highest BCUT2D eigenvalue weighted by Gasteiger charge is 2.41. The summed E-state index contributed by atoms with van der Waals surface area (Å²) in [5, 5.41) is -0.525. The molecule has 9 heteroatoms. The minimum atomic E-state index is -1.00. The number of benzene rings is 2. The Labute approximate surface area is 192 Å². The minimum Gasteiger partial charge on any atom is -0.493 e. The van der Waals surface area contributed by atoms with Crippen LogP contribution in [0.5, 0.6) is 11.5 Å². The lowest BCUT2D eigenvalue weighted by Crippen LogP contribution is -2.42. The predicted molar refractivity (Wildman–Crippen MR) is 121 cm³/mol. The first kappa shape index (κ1) is 22.9. The summed E-state index contributed by atoms with van der Waals surface area (Å²) in [6.07, 6.45) is 1.57. The normalized spacial score (nSPS) is 15.9. The summed E-state index contributed by atoms with van der Waals surface area (Å²) in [5.41, 5.74) is 1.64. The second kappa shape index (κ2) is 10.0. The number of carbonyl (C=O) groups is 3. The molecule has 2 amide bonds. The summed E-state index contributed by atoms with van der Waals surface area (Å²) in [6, 6.07) is 12.2. The number of amides is 2. The van der Waals surface area contributed by atoms with Gasteiger partial charge in [0.25, 0.3) is 11.1 Å². The van der Waals surface area contributed by atoms with Crippen LogP contribution in [0.15, 0.2) is 51.8 Å². The molecule has 2 aromatic rings. The lowest BCUT2D eigenvalue weighted by atomic mass is 10.1. The van der Waals surface area contributed by atoms with Gasteiger partial charge in [0.1, 0.15) is 12.6 Å². The third-order valence-electron chi connectivity index (χ3n) is 4.53. The Morgan fingerprint density at radius 1 is 1.19 bits per heavy atom. The topological polar surface area (TPSA) is 82.1 Å². The summed E-state index contributed by atoms with van der Waals surface area (Å²) >= 11 is 4.25. The van der Waals surface area contributed by atoms with Gasteiger partial charge in [0, 0.05) is 0 Å². The molecule has 1 saturated heterocycles. The number of ether oxygens (including phenoxy) is 3. The van der Waals surface area contributed by atoms with E-state index in [1.807, 2.05) is 30.3 Å². The lowest BCUT2D eigenvalue weighted by molar-refractivity contribution is -0.148. The van der Waals surface area contributed by atoms with Crippen LogP contribution in [-0.2, 0) is 20.9 Å². The van der Waals surface area contributed by atoms with E-state index in [1.54, 1.807) is 18.2 Å². The number of carbonyl (C=O) groups excluding carboxylic acids is 3. The second-order valence-electron chi connectivity index (χ2n) is 6.56. The first-order valence-corrected chi connectivity index (χ1v) is 10.9. The molecule has 0 N–H and O–H groups in total. The van der Waals surface area contributed by atoms with Crippen LogP contribution in [0.3, 0.4) is 0 Å². The minimum absolute atomic E-state index is 0.202. The van der Waals surface area contributed by atoms with Gasteiger partial charge in [-0.15, -0.1) is 0 Å². The monoisotopic (exact) mass is 505 g/mol. The molecule has 0 radical (unpaired) electrons. The van der Waals surface area contributed by atoms with Crippen molar-refractivity contribution >= 4 is 50.9 Å². The molecule has 0 bridgehead atoms. The fourth-order valence-corrected chi connectivity index (χ4v) is 4.42. The first-order valence-electron chi connectivity index (χ1n) is 9.24. The lowest BCUT2D eigenvalue weighted by Gasteiger charge is -2.18. The van der Waals surface area contributed by atoms with E-state index >= 15 is 0 Å². The number of esters is 1. The van der Waals surface area contributed by atoms with Gasteiger partial charge < -0.3 is 14.2 Å². The van der Waals surface area contributed by atoms with Crippen molar-refractivity contribution in [3.63, 3.8) is 0 Å². The van der Waals surface area contributed by atoms with Gasteiger partial charge in [0.15, 0.2) is 11.5 Å². The summed E-state index contributed by atoms with van der Waals surface area (Å²) in [6.45, 7) is 1.81. The van der Waals surface area contributed by atoms with Crippen LogP contribution in [0.1, 0.15) is 18.1 Å². The van der Waals surface area contributed by atoms with E-state index < -0.39 is 23.2 Å². The Balaban J connectivity index is 1.84. The summed E-state index contributed by atoms with van der Waals surface area (Å²) in [5.74, 6) is -0.213. The molecular weight excluding hydrogens is 486 g/mol. The molecule has 0 saturated carbocycles. The van der Waals surface area contributed by atoms with E-state index in [-0.39, 0.29) is 4.91 Å². The van der Waals surface area contributed by atoms with Crippen LogP contribution in [0.2, 0.25) is 0 Å². The van der Waals surface area contributed by atoms with Crippen molar-refractivity contribution in [2.24, 2.45) is 0 Å². The van der Waals surface area contributed by atoms with E-state index in [9.17, 15) is 14.4 Å². The third kappa shape index (κ3) is 5.11. The largest absolute Gasteiger partial charge is 0.493 e. The first-order chi connectivity index (χ1) is 14.8. The molecule has 1 aliphatic rings. The zero-order valence-electron chi connectivity index (χ0n) is 17.1. The van der Waals surface area contributed by atoms with E-state index in [4.69, 9.17) is 9.47 Å². The Bertz CT molecular complexity index is 1040. The summed E-state index contributed by atoms with van der Waals surface area (Å²) in [7, 11) is 2.73. The third-order valence-corrected chi connectivity index (χ3v) is 6.00. The van der Waals surface area contributed by atoms with Crippen molar-refractivity contribution in [3.05, 3.63) is 63.0 Å². The summed E-state index contributed by atoms with van der Waals surface area (Å²) in [4.78, 5) is 37.8. The highest BCUT2D eigenvalue weighted by Crippen LogP contribution is 2.39. The molecular formula is C22H20BrNO6S. The van der Waals surface area contributed by atoms with Crippen molar-refractivity contribution in [1.82, 2.24) is 4.90 Å². The summed E-state index contributed by atoms with van der Waals surface area (Å²) < 4.78 is 16.6. The predicted octanol–water partition coefficient (Wildman–Crippen LogP) is 4.63. The van der Waals surface area contributed by atoms with Gasteiger partial charge in [0.05, 0.1) is 23.6 Å². The van der Waals surface area contributed by atoms with Crippen LogP contribution in [0.4, 0.5) is 4.79 Å². The second-order valence-corrected chi connectivity index (χ2v) is 8.41. The smallest absolute Gasteiger partial charge is 0.328 e. The Kier molecular flexibility index (Phi) is 7.40. The molecule has 7 nitrogen and oxygen atoms in total. The van der Waals surface area contributed by atoms with E-state index in [2.05, 4.69) is 20.7 Å². The van der Waals surface area contributed by atoms with Crippen molar-refractivity contribution < 1.29 is 28.6 Å². The van der Waals surface area contributed by atoms with Gasteiger partial charge in [-0.05, 0) is 64.0 Å². The van der Waals surface area contributed by atoms with Gasteiger partial charge in [-0.3, -0.25) is 14.5 Å². The van der Waals surface area contributed by atoms with Crippen LogP contribution in [-0.4, -0.2) is 42.3 Å². The number of rotatable bonds is 7. The van der Waals surface area contributed by atoms with Gasteiger partial charge >= 0.3 is 5.97 Å². The van der Waals surface area contributed by atoms with Crippen LogP contribution in [0.25, 0.3) is 6.08 Å². The van der Waals surface area contributed by atoms with Gasteiger partial charge in [-0.1, -0.05) is 30.3 Å². The molecule has 162 valence electrons. The van der Waals surface area contributed by atoms with Crippen LogP contribution in [0, 0.1) is 0 Å². The molecule has 1 heterocycles. The SMILES string of the molecule is COC(=O)[C@@H](C)N1C(=O)S/C(=C/c2cc(Br)c(OCc3ccccc3)c(OC)c2)C1=O. The number of imide groups is 1. The molecule has 2 aromatic carbocycles. The van der Waals surface area contributed by atoms with Gasteiger partial charge in [-0.2, -0.15) is 0 Å².